The summed E-state index contributed by atoms with van der Waals surface area (Å²) in [6.07, 6.45) is 1.66. The van der Waals surface area contributed by atoms with Crippen LogP contribution in [0.5, 0.6) is 0 Å². The van der Waals surface area contributed by atoms with Gasteiger partial charge in [0.2, 0.25) is 0 Å². The molecule has 0 aliphatic rings. The number of pyridine rings is 2. The molecule has 2 aromatic heterocycles. The molecule has 2 heterocycles. The van der Waals surface area contributed by atoms with Gasteiger partial charge in [-0.2, -0.15) is 0 Å². The van der Waals surface area contributed by atoms with Crippen molar-refractivity contribution in [2.45, 2.75) is 26.4 Å². The molecule has 128 valence electrons. The van der Waals surface area contributed by atoms with Crippen molar-refractivity contribution in [3.05, 3.63) is 59.9 Å². The first-order chi connectivity index (χ1) is 11.8. The van der Waals surface area contributed by atoms with Gasteiger partial charge < -0.3 is 15.7 Å². The summed E-state index contributed by atoms with van der Waals surface area (Å²) in [6.45, 7) is 5.29. The Balaban J connectivity index is 1.77. The number of carbonyl (C=O) groups is 1. The highest BCUT2D eigenvalue weighted by molar-refractivity contribution is 6.04. The molecule has 0 atom stereocenters. The molecule has 3 N–H and O–H groups in total. The van der Waals surface area contributed by atoms with Crippen LogP contribution in [-0.2, 0) is 5.60 Å². The van der Waals surface area contributed by atoms with Gasteiger partial charge in [0.1, 0.15) is 5.52 Å². The number of carbonyl (C=O) groups excluding carboxylic acids is 1. The normalized spacial score (nSPS) is 11.4. The van der Waals surface area contributed by atoms with Gasteiger partial charge in [-0.3, -0.25) is 9.97 Å². The fourth-order valence-corrected chi connectivity index (χ4v) is 2.54. The van der Waals surface area contributed by atoms with E-state index in [9.17, 15) is 9.90 Å². The molecule has 0 fully saturated rings. The standard InChI is InChI=1S/C19H20N4O2/c1-12-11-16(17-15(21-12)5-4-10-20-17)23-18(24)22-14-8-6-13(7-9-14)19(2,3)25/h4-11,25H,1-3H3,(H2,21,22,23,24). The Morgan fingerprint density at radius 1 is 1.12 bits per heavy atom. The Morgan fingerprint density at radius 2 is 1.84 bits per heavy atom. The van der Waals surface area contributed by atoms with Crippen LogP contribution in [0.4, 0.5) is 16.2 Å². The first kappa shape index (κ1) is 16.9. The van der Waals surface area contributed by atoms with Crippen molar-refractivity contribution in [2.75, 3.05) is 10.6 Å². The van der Waals surface area contributed by atoms with Crippen LogP contribution in [0.15, 0.2) is 48.7 Å². The molecule has 3 rings (SSSR count). The SMILES string of the molecule is Cc1cc(NC(=O)Nc2ccc(C(C)(C)O)cc2)c2ncccc2n1. The minimum atomic E-state index is -0.917. The summed E-state index contributed by atoms with van der Waals surface area (Å²) < 4.78 is 0. The van der Waals surface area contributed by atoms with Crippen molar-refractivity contribution < 1.29 is 9.90 Å². The third kappa shape index (κ3) is 3.92. The second-order valence-electron chi connectivity index (χ2n) is 6.40. The number of nitrogens with zero attached hydrogens (tertiary/aromatic N) is 2. The third-order valence-corrected chi connectivity index (χ3v) is 3.79. The van der Waals surface area contributed by atoms with Crippen molar-refractivity contribution >= 4 is 28.4 Å². The molecular weight excluding hydrogens is 316 g/mol. The van der Waals surface area contributed by atoms with E-state index in [2.05, 4.69) is 20.6 Å². The molecule has 0 spiro atoms. The highest BCUT2D eigenvalue weighted by atomic mass is 16.3. The molecule has 2 amide bonds. The molecular formula is C19H20N4O2. The quantitative estimate of drug-likeness (QED) is 0.679. The van der Waals surface area contributed by atoms with Gasteiger partial charge in [-0.05, 0) is 56.7 Å². The molecule has 0 aliphatic heterocycles. The molecule has 0 aliphatic carbocycles. The average molecular weight is 336 g/mol. The second-order valence-corrected chi connectivity index (χ2v) is 6.40. The van der Waals surface area contributed by atoms with Crippen LogP contribution in [0, 0.1) is 6.92 Å². The Kier molecular flexibility index (Phi) is 4.37. The zero-order valence-corrected chi connectivity index (χ0v) is 14.4. The maximum absolute atomic E-state index is 12.3. The first-order valence-corrected chi connectivity index (χ1v) is 7.96. The summed E-state index contributed by atoms with van der Waals surface area (Å²) in [6, 6.07) is 12.1. The lowest BCUT2D eigenvalue weighted by molar-refractivity contribution is 0.0786. The smallest absolute Gasteiger partial charge is 0.323 e. The minimum Gasteiger partial charge on any atom is -0.386 e. The Labute approximate surface area is 145 Å². The van der Waals surface area contributed by atoms with E-state index < -0.39 is 5.60 Å². The van der Waals surface area contributed by atoms with Gasteiger partial charge in [-0.25, -0.2) is 4.79 Å². The highest BCUT2D eigenvalue weighted by Crippen LogP contribution is 2.23. The molecule has 0 unspecified atom stereocenters. The fraction of sp³-hybridized carbons (Fsp3) is 0.211. The number of benzene rings is 1. The van der Waals surface area contributed by atoms with E-state index in [1.54, 1.807) is 50.4 Å². The van der Waals surface area contributed by atoms with E-state index in [0.717, 1.165) is 16.8 Å². The molecule has 1 aromatic carbocycles. The van der Waals surface area contributed by atoms with Gasteiger partial charge in [0.05, 0.1) is 16.8 Å². The lowest BCUT2D eigenvalue weighted by atomic mass is 9.98. The number of hydrogen-bond acceptors (Lipinski definition) is 4. The molecule has 25 heavy (non-hydrogen) atoms. The predicted molar refractivity (Wildman–Crippen MR) is 98.6 cm³/mol. The monoisotopic (exact) mass is 336 g/mol. The van der Waals surface area contributed by atoms with E-state index in [0.29, 0.717) is 16.9 Å². The zero-order chi connectivity index (χ0) is 18.0. The van der Waals surface area contributed by atoms with E-state index in [1.165, 1.54) is 0 Å². The summed E-state index contributed by atoms with van der Waals surface area (Å²) in [4.78, 5) is 21.0. The Morgan fingerprint density at radius 3 is 2.52 bits per heavy atom. The summed E-state index contributed by atoms with van der Waals surface area (Å²) in [7, 11) is 0. The zero-order valence-electron chi connectivity index (χ0n) is 14.4. The average Bonchev–Trinajstić information content (AvgIpc) is 2.54. The number of urea groups is 1. The topological polar surface area (TPSA) is 87.1 Å². The van der Waals surface area contributed by atoms with Gasteiger partial charge in [0.25, 0.3) is 0 Å². The van der Waals surface area contributed by atoms with Crippen LogP contribution in [0.25, 0.3) is 11.0 Å². The molecule has 3 aromatic rings. The number of anilines is 2. The summed E-state index contributed by atoms with van der Waals surface area (Å²) in [5.74, 6) is 0. The fourth-order valence-electron chi connectivity index (χ4n) is 2.54. The first-order valence-electron chi connectivity index (χ1n) is 7.96. The molecule has 6 heteroatoms. The van der Waals surface area contributed by atoms with Gasteiger partial charge in [-0.15, -0.1) is 0 Å². The van der Waals surface area contributed by atoms with Crippen LogP contribution in [-0.4, -0.2) is 21.1 Å². The number of nitrogens with one attached hydrogen (secondary N) is 2. The molecule has 6 nitrogen and oxygen atoms in total. The Hall–Kier alpha value is -2.99. The van der Waals surface area contributed by atoms with Gasteiger partial charge in [0.15, 0.2) is 0 Å². The maximum atomic E-state index is 12.3. The van der Waals surface area contributed by atoms with Crippen molar-refractivity contribution in [1.82, 2.24) is 9.97 Å². The number of amides is 2. The van der Waals surface area contributed by atoms with Crippen molar-refractivity contribution in [3.63, 3.8) is 0 Å². The predicted octanol–water partition coefficient (Wildman–Crippen LogP) is 3.81. The van der Waals surface area contributed by atoms with Gasteiger partial charge >= 0.3 is 6.03 Å². The summed E-state index contributed by atoms with van der Waals surface area (Å²) in [5, 5.41) is 15.6. The van der Waals surface area contributed by atoms with Crippen molar-refractivity contribution in [2.24, 2.45) is 0 Å². The van der Waals surface area contributed by atoms with E-state index >= 15 is 0 Å². The number of aryl methyl sites for hydroxylation is 1. The van der Waals surface area contributed by atoms with Crippen LogP contribution < -0.4 is 10.6 Å². The molecule has 0 saturated carbocycles. The maximum Gasteiger partial charge on any atom is 0.323 e. The van der Waals surface area contributed by atoms with Crippen molar-refractivity contribution in [1.29, 1.82) is 0 Å². The van der Waals surface area contributed by atoms with Crippen LogP contribution in [0.2, 0.25) is 0 Å². The van der Waals surface area contributed by atoms with Crippen LogP contribution in [0.1, 0.15) is 25.1 Å². The number of fused-ring (bicyclic) bond motifs is 1. The van der Waals surface area contributed by atoms with Crippen molar-refractivity contribution in [3.8, 4) is 0 Å². The van der Waals surface area contributed by atoms with E-state index in [4.69, 9.17) is 0 Å². The highest BCUT2D eigenvalue weighted by Gasteiger charge is 2.15. The number of aliphatic hydroxyl groups is 1. The van der Waals surface area contributed by atoms with Gasteiger partial charge in [0, 0.05) is 17.6 Å². The van der Waals surface area contributed by atoms with Crippen LogP contribution >= 0.6 is 0 Å². The lowest BCUT2D eigenvalue weighted by Gasteiger charge is -2.18. The largest absolute Gasteiger partial charge is 0.386 e. The van der Waals surface area contributed by atoms with E-state index in [-0.39, 0.29) is 6.03 Å². The Bertz CT molecular complexity index is 915. The summed E-state index contributed by atoms with van der Waals surface area (Å²) in [5.41, 5.74) is 3.26. The number of hydrogen-bond donors (Lipinski definition) is 3. The third-order valence-electron chi connectivity index (χ3n) is 3.79. The minimum absolute atomic E-state index is 0.367. The lowest BCUT2D eigenvalue weighted by Crippen LogP contribution is -2.20. The second kappa shape index (κ2) is 6.49. The van der Waals surface area contributed by atoms with E-state index in [1.807, 2.05) is 19.1 Å². The number of rotatable bonds is 3. The van der Waals surface area contributed by atoms with Gasteiger partial charge in [-0.1, -0.05) is 12.1 Å². The number of aromatic nitrogens is 2. The summed E-state index contributed by atoms with van der Waals surface area (Å²) >= 11 is 0. The molecule has 0 radical (unpaired) electrons. The molecule has 0 saturated heterocycles. The van der Waals surface area contributed by atoms with Crippen LogP contribution in [0.3, 0.4) is 0 Å². The molecule has 0 bridgehead atoms.